The highest BCUT2D eigenvalue weighted by atomic mass is 16.5. The summed E-state index contributed by atoms with van der Waals surface area (Å²) < 4.78 is 7.27. The van der Waals surface area contributed by atoms with Gasteiger partial charge in [0.25, 0.3) is 0 Å². The summed E-state index contributed by atoms with van der Waals surface area (Å²) in [7, 11) is 1.92. The summed E-state index contributed by atoms with van der Waals surface area (Å²) in [5.41, 5.74) is 0.875. The number of hydrogen-bond acceptors (Lipinski definition) is 6. The molecule has 102 valence electrons. The SMILES string of the molecule is CCOc1cc(C)nc(NCCc2nncn2C)n1. The van der Waals surface area contributed by atoms with E-state index >= 15 is 0 Å². The molecule has 1 N–H and O–H groups in total. The van der Waals surface area contributed by atoms with Crippen LogP contribution in [0.3, 0.4) is 0 Å². The van der Waals surface area contributed by atoms with Gasteiger partial charge in [0.2, 0.25) is 11.8 Å². The van der Waals surface area contributed by atoms with Crippen LogP contribution >= 0.6 is 0 Å². The fraction of sp³-hybridized carbons (Fsp3) is 0.500. The Kier molecular flexibility index (Phi) is 4.27. The molecule has 2 aromatic rings. The summed E-state index contributed by atoms with van der Waals surface area (Å²) in [5.74, 6) is 2.09. The molecule has 2 rings (SSSR count). The monoisotopic (exact) mass is 262 g/mol. The summed E-state index contributed by atoms with van der Waals surface area (Å²) in [6, 6.07) is 1.82. The molecule has 0 aliphatic rings. The van der Waals surface area contributed by atoms with E-state index in [0.717, 1.165) is 17.9 Å². The van der Waals surface area contributed by atoms with Gasteiger partial charge in [-0.05, 0) is 13.8 Å². The van der Waals surface area contributed by atoms with Gasteiger partial charge in [-0.25, -0.2) is 4.98 Å². The molecule has 0 aliphatic carbocycles. The molecule has 0 aliphatic heterocycles. The van der Waals surface area contributed by atoms with Gasteiger partial charge in [0.15, 0.2) is 0 Å². The number of anilines is 1. The molecule has 0 saturated carbocycles. The first-order chi connectivity index (χ1) is 9.19. The fourth-order valence-corrected chi connectivity index (χ4v) is 1.66. The lowest BCUT2D eigenvalue weighted by molar-refractivity contribution is 0.326. The van der Waals surface area contributed by atoms with Crippen molar-refractivity contribution in [2.75, 3.05) is 18.5 Å². The van der Waals surface area contributed by atoms with Crippen LogP contribution in [0.15, 0.2) is 12.4 Å². The van der Waals surface area contributed by atoms with Crippen molar-refractivity contribution in [2.24, 2.45) is 7.05 Å². The molecule has 0 spiro atoms. The van der Waals surface area contributed by atoms with Gasteiger partial charge < -0.3 is 14.6 Å². The molecule has 0 aromatic carbocycles. The van der Waals surface area contributed by atoms with E-state index in [0.29, 0.717) is 25.0 Å². The van der Waals surface area contributed by atoms with Crippen LogP contribution in [0.2, 0.25) is 0 Å². The van der Waals surface area contributed by atoms with Crippen molar-refractivity contribution < 1.29 is 4.74 Å². The van der Waals surface area contributed by atoms with Gasteiger partial charge in [-0.1, -0.05) is 0 Å². The van der Waals surface area contributed by atoms with Gasteiger partial charge in [0.1, 0.15) is 12.2 Å². The fourth-order valence-electron chi connectivity index (χ4n) is 1.66. The Morgan fingerprint density at radius 2 is 2.21 bits per heavy atom. The van der Waals surface area contributed by atoms with E-state index in [1.165, 1.54) is 0 Å². The second-order valence-electron chi connectivity index (χ2n) is 4.14. The van der Waals surface area contributed by atoms with Gasteiger partial charge >= 0.3 is 0 Å². The molecular weight excluding hydrogens is 244 g/mol. The third-order valence-electron chi connectivity index (χ3n) is 2.56. The van der Waals surface area contributed by atoms with Crippen LogP contribution in [0.4, 0.5) is 5.95 Å². The van der Waals surface area contributed by atoms with Crippen LogP contribution in [-0.4, -0.2) is 37.9 Å². The second kappa shape index (κ2) is 6.12. The largest absolute Gasteiger partial charge is 0.478 e. The molecule has 0 amide bonds. The Morgan fingerprint density at radius 1 is 1.37 bits per heavy atom. The lowest BCUT2D eigenvalue weighted by atomic mass is 10.4. The van der Waals surface area contributed by atoms with Crippen LogP contribution in [-0.2, 0) is 13.5 Å². The zero-order valence-electron chi connectivity index (χ0n) is 11.4. The zero-order valence-corrected chi connectivity index (χ0v) is 11.4. The maximum atomic E-state index is 5.38. The van der Waals surface area contributed by atoms with Gasteiger partial charge in [0.05, 0.1) is 6.61 Å². The van der Waals surface area contributed by atoms with E-state index in [2.05, 4.69) is 25.5 Å². The number of rotatable bonds is 6. The smallest absolute Gasteiger partial charge is 0.226 e. The van der Waals surface area contributed by atoms with E-state index in [9.17, 15) is 0 Å². The van der Waals surface area contributed by atoms with Gasteiger partial charge in [-0.2, -0.15) is 4.98 Å². The molecule has 2 heterocycles. The molecule has 7 nitrogen and oxygen atoms in total. The summed E-state index contributed by atoms with van der Waals surface area (Å²) in [4.78, 5) is 8.59. The Morgan fingerprint density at radius 3 is 2.89 bits per heavy atom. The highest BCUT2D eigenvalue weighted by molar-refractivity contribution is 5.30. The Hall–Kier alpha value is -2.18. The molecule has 0 bridgehead atoms. The number of aromatic nitrogens is 5. The summed E-state index contributed by atoms with van der Waals surface area (Å²) in [5, 5.41) is 11.0. The zero-order chi connectivity index (χ0) is 13.7. The highest BCUT2D eigenvalue weighted by Gasteiger charge is 2.04. The molecule has 0 radical (unpaired) electrons. The number of nitrogens with zero attached hydrogens (tertiary/aromatic N) is 5. The first kappa shape index (κ1) is 13.3. The maximum Gasteiger partial charge on any atom is 0.226 e. The minimum atomic E-state index is 0.575. The van der Waals surface area contributed by atoms with E-state index in [4.69, 9.17) is 4.74 Å². The van der Waals surface area contributed by atoms with E-state index in [1.807, 2.05) is 31.5 Å². The molecule has 2 aromatic heterocycles. The standard InChI is InChI=1S/C12H18N6O/c1-4-19-11-7-9(2)15-12(16-11)13-6-5-10-17-14-8-18(10)3/h7-8H,4-6H2,1-3H3,(H,13,15,16). The number of nitrogens with one attached hydrogen (secondary N) is 1. The third-order valence-corrected chi connectivity index (χ3v) is 2.56. The summed E-state index contributed by atoms with van der Waals surface area (Å²) >= 11 is 0. The summed E-state index contributed by atoms with van der Waals surface area (Å²) in [6.45, 7) is 5.13. The van der Waals surface area contributed by atoms with Crippen molar-refractivity contribution in [1.82, 2.24) is 24.7 Å². The highest BCUT2D eigenvalue weighted by Crippen LogP contribution is 2.11. The molecule has 0 atom stereocenters. The van der Waals surface area contributed by atoms with Gasteiger partial charge in [-0.15, -0.1) is 10.2 Å². The topological polar surface area (TPSA) is 77.8 Å². The Bertz CT molecular complexity index is 539. The normalized spacial score (nSPS) is 10.5. The van der Waals surface area contributed by atoms with E-state index in [1.54, 1.807) is 6.33 Å². The van der Waals surface area contributed by atoms with Crippen LogP contribution < -0.4 is 10.1 Å². The lowest BCUT2D eigenvalue weighted by Crippen LogP contribution is -2.11. The van der Waals surface area contributed by atoms with Gasteiger partial charge in [0, 0.05) is 31.8 Å². The average molecular weight is 262 g/mol. The van der Waals surface area contributed by atoms with Crippen molar-refractivity contribution in [1.29, 1.82) is 0 Å². The molecule has 19 heavy (non-hydrogen) atoms. The Labute approximate surface area is 112 Å². The van der Waals surface area contributed by atoms with Crippen molar-refractivity contribution in [2.45, 2.75) is 20.3 Å². The first-order valence-corrected chi connectivity index (χ1v) is 6.24. The molecule has 0 saturated heterocycles. The quantitative estimate of drug-likeness (QED) is 0.835. The van der Waals surface area contributed by atoms with Crippen molar-refractivity contribution in [3.05, 3.63) is 23.9 Å². The number of hydrogen-bond donors (Lipinski definition) is 1. The van der Waals surface area contributed by atoms with Gasteiger partial charge in [-0.3, -0.25) is 0 Å². The van der Waals surface area contributed by atoms with E-state index in [-0.39, 0.29) is 0 Å². The third kappa shape index (κ3) is 3.64. The molecule has 0 unspecified atom stereocenters. The van der Waals surface area contributed by atoms with Crippen LogP contribution in [0.5, 0.6) is 5.88 Å². The minimum Gasteiger partial charge on any atom is -0.478 e. The van der Waals surface area contributed by atoms with Crippen molar-refractivity contribution >= 4 is 5.95 Å². The van der Waals surface area contributed by atoms with Crippen molar-refractivity contribution in [3.8, 4) is 5.88 Å². The van der Waals surface area contributed by atoms with Crippen LogP contribution in [0.1, 0.15) is 18.4 Å². The molecule has 0 fully saturated rings. The van der Waals surface area contributed by atoms with Crippen LogP contribution in [0, 0.1) is 6.92 Å². The number of aryl methyl sites for hydroxylation is 2. The Balaban J connectivity index is 1.94. The first-order valence-electron chi connectivity index (χ1n) is 6.24. The molecular formula is C12H18N6O. The maximum absolute atomic E-state index is 5.38. The second-order valence-corrected chi connectivity index (χ2v) is 4.14. The predicted octanol–water partition coefficient (Wildman–Crippen LogP) is 0.967. The minimum absolute atomic E-state index is 0.575. The number of ether oxygens (including phenoxy) is 1. The van der Waals surface area contributed by atoms with Crippen molar-refractivity contribution in [3.63, 3.8) is 0 Å². The predicted molar refractivity (Wildman–Crippen MR) is 71.1 cm³/mol. The lowest BCUT2D eigenvalue weighted by Gasteiger charge is -2.08. The summed E-state index contributed by atoms with van der Waals surface area (Å²) in [6.07, 6.45) is 2.45. The van der Waals surface area contributed by atoms with E-state index < -0.39 is 0 Å². The van der Waals surface area contributed by atoms with Crippen LogP contribution in [0.25, 0.3) is 0 Å². The average Bonchev–Trinajstić information content (AvgIpc) is 2.75. The molecule has 7 heteroatoms.